The molecule has 0 aliphatic carbocycles. The van der Waals surface area contributed by atoms with Gasteiger partial charge in [0.15, 0.2) is 0 Å². The van der Waals surface area contributed by atoms with Crippen LogP contribution in [-0.2, 0) is 4.74 Å². The number of phenolic OH excluding ortho intramolecular Hbond substituents is 1. The average Bonchev–Trinajstić information content (AvgIpc) is 2.44. The Morgan fingerprint density at radius 1 is 1.16 bits per heavy atom. The molecule has 0 bridgehead atoms. The number of hydrogen-bond donors (Lipinski definition) is 1. The summed E-state index contributed by atoms with van der Waals surface area (Å²) in [6.45, 7) is 8.37. The molecule has 1 rings (SSSR count). The van der Waals surface area contributed by atoms with E-state index < -0.39 is 0 Å². The quantitative estimate of drug-likeness (QED) is 0.779. The number of ether oxygens (including phenoxy) is 1. The van der Waals surface area contributed by atoms with Crippen molar-refractivity contribution in [3.63, 3.8) is 0 Å². The molecule has 3 heteroatoms. The second-order valence-corrected chi connectivity index (χ2v) is 5.00. The Morgan fingerprint density at radius 2 is 1.79 bits per heavy atom. The summed E-state index contributed by atoms with van der Waals surface area (Å²) in [6.07, 6.45) is 2.18. The summed E-state index contributed by atoms with van der Waals surface area (Å²) < 4.78 is 5.23. The van der Waals surface area contributed by atoms with Gasteiger partial charge in [0.1, 0.15) is 5.75 Å². The van der Waals surface area contributed by atoms with E-state index in [1.807, 2.05) is 12.1 Å². The van der Waals surface area contributed by atoms with Crippen molar-refractivity contribution >= 4 is 0 Å². The number of methoxy groups -OCH3 is 1. The number of hydrogen-bond acceptors (Lipinski definition) is 3. The first kappa shape index (κ1) is 16.0. The molecule has 19 heavy (non-hydrogen) atoms. The van der Waals surface area contributed by atoms with Gasteiger partial charge in [0.05, 0.1) is 6.61 Å². The van der Waals surface area contributed by atoms with Crippen molar-refractivity contribution in [2.45, 2.75) is 45.7 Å². The Balaban J connectivity index is 2.91. The number of benzene rings is 1. The van der Waals surface area contributed by atoms with Gasteiger partial charge in [-0.05, 0) is 37.5 Å². The van der Waals surface area contributed by atoms with Crippen LogP contribution < -0.4 is 0 Å². The van der Waals surface area contributed by atoms with Gasteiger partial charge in [0.25, 0.3) is 0 Å². The molecule has 0 heterocycles. The first-order valence-corrected chi connectivity index (χ1v) is 7.17. The zero-order chi connectivity index (χ0) is 14.3. The maximum absolute atomic E-state index is 9.41. The molecular weight excluding hydrogens is 238 g/mol. The molecular formula is C16H27NO2. The average molecular weight is 265 g/mol. The smallest absolute Gasteiger partial charge is 0.115 e. The number of rotatable bonds is 8. The van der Waals surface area contributed by atoms with Gasteiger partial charge in [-0.3, -0.25) is 4.90 Å². The lowest BCUT2D eigenvalue weighted by Crippen LogP contribution is -2.38. The Kier molecular flexibility index (Phi) is 6.89. The summed E-state index contributed by atoms with van der Waals surface area (Å²) in [6, 6.07) is 8.48. The van der Waals surface area contributed by atoms with Crippen molar-refractivity contribution in [1.29, 1.82) is 0 Å². The van der Waals surface area contributed by atoms with Crippen LogP contribution in [0.3, 0.4) is 0 Å². The fraction of sp³-hybridized carbons (Fsp3) is 0.625. The highest BCUT2D eigenvalue weighted by Gasteiger charge is 2.22. The highest BCUT2D eigenvalue weighted by molar-refractivity contribution is 5.28. The van der Waals surface area contributed by atoms with E-state index in [1.165, 1.54) is 5.56 Å². The van der Waals surface area contributed by atoms with Crippen LogP contribution in [0.4, 0.5) is 0 Å². The Bertz CT molecular complexity index is 350. The molecule has 0 saturated heterocycles. The predicted octanol–water partition coefficient (Wildman–Crippen LogP) is 3.59. The molecule has 2 unspecified atom stereocenters. The van der Waals surface area contributed by atoms with E-state index in [0.29, 0.717) is 17.8 Å². The largest absolute Gasteiger partial charge is 0.508 e. The topological polar surface area (TPSA) is 32.7 Å². The van der Waals surface area contributed by atoms with Crippen LogP contribution in [0.1, 0.15) is 45.2 Å². The molecule has 0 saturated carbocycles. The van der Waals surface area contributed by atoms with E-state index in [4.69, 9.17) is 4.74 Å². The number of nitrogens with zero attached hydrogens (tertiary/aromatic N) is 1. The third-order valence-corrected chi connectivity index (χ3v) is 3.78. The number of phenols is 1. The second kappa shape index (κ2) is 8.18. The van der Waals surface area contributed by atoms with Crippen LogP contribution in [-0.4, -0.2) is 36.3 Å². The van der Waals surface area contributed by atoms with Crippen molar-refractivity contribution in [3.05, 3.63) is 29.8 Å². The lowest BCUT2D eigenvalue weighted by atomic mass is 10.00. The minimum atomic E-state index is 0.325. The van der Waals surface area contributed by atoms with Gasteiger partial charge in [-0.1, -0.05) is 26.0 Å². The van der Waals surface area contributed by atoms with Gasteiger partial charge in [0.2, 0.25) is 0 Å². The van der Waals surface area contributed by atoms with Crippen molar-refractivity contribution < 1.29 is 9.84 Å². The summed E-state index contributed by atoms with van der Waals surface area (Å²) in [5.41, 5.74) is 1.26. The van der Waals surface area contributed by atoms with Crippen molar-refractivity contribution in [2.75, 3.05) is 20.3 Å². The summed E-state index contributed by atoms with van der Waals surface area (Å²) >= 11 is 0. The lowest BCUT2D eigenvalue weighted by molar-refractivity contribution is 0.0856. The zero-order valence-electron chi connectivity index (χ0n) is 12.6. The summed E-state index contributed by atoms with van der Waals surface area (Å²) in [7, 11) is 1.75. The fourth-order valence-electron chi connectivity index (χ4n) is 2.47. The standard InChI is InChI=1S/C16H27NO2/c1-5-13(3)17(11-12-19-4)16(6-2)14-7-9-15(18)10-8-14/h7-10,13,16,18H,5-6,11-12H2,1-4H3. The molecule has 0 amide bonds. The minimum absolute atomic E-state index is 0.325. The first-order chi connectivity index (χ1) is 9.13. The van der Waals surface area contributed by atoms with E-state index in [0.717, 1.165) is 26.0 Å². The second-order valence-electron chi connectivity index (χ2n) is 5.00. The monoisotopic (exact) mass is 265 g/mol. The van der Waals surface area contributed by atoms with Gasteiger partial charge >= 0.3 is 0 Å². The molecule has 2 atom stereocenters. The third-order valence-electron chi connectivity index (χ3n) is 3.78. The van der Waals surface area contributed by atoms with Crippen LogP contribution in [0, 0.1) is 0 Å². The molecule has 0 spiro atoms. The Hall–Kier alpha value is -1.06. The fourth-order valence-corrected chi connectivity index (χ4v) is 2.47. The zero-order valence-corrected chi connectivity index (χ0v) is 12.6. The normalized spacial score (nSPS) is 14.6. The number of aromatic hydroxyl groups is 1. The Morgan fingerprint density at radius 3 is 2.26 bits per heavy atom. The molecule has 3 nitrogen and oxygen atoms in total. The molecule has 0 fully saturated rings. The van der Waals surface area contributed by atoms with Gasteiger partial charge in [-0.15, -0.1) is 0 Å². The van der Waals surface area contributed by atoms with Crippen LogP contribution in [0.2, 0.25) is 0 Å². The first-order valence-electron chi connectivity index (χ1n) is 7.17. The predicted molar refractivity (Wildman–Crippen MR) is 79.5 cm³/mol. The van der Waals surface area contributed by atoms with Gasteiger partial charge in [-0.25, -0.2) is 0 Å². The lowest BCUT2D eigenvalue weighted by Gasteiger charge is -2.36. The van der Waals surface area contributed by atoms with Crippen LogP contribution >= 0.6 is 0 Å². The molecule has 1 aromatic carbocycles. The van der Waals surface area contributed by atoms with E-state index in [-0.39, 0.29) is 0 Å². The van der Waals surface area contributed by atoms with E-state index in [1.54, 1.807) is 19.2 Å². The highest BCUT2D eigenvalue weighted by atomic mass is 16.5. The molecule has 1 aromatic rings. The third kappa shape index (κ3) is 4.51. The van der Waals surface area contributed by atoms with Crippen molar-refractivity contribution in [2.24, 2.45) is 0 Å². The van der Waals surface area contributed by atoms with E-state index in [2.05, 4.69) is 25.7 Å². The molecule has 0 radical (unpaired) electrons. The van der Waals surface area contributed by atoms with E-state index in [9.17, 15) is 5.11 Å². The van der Waals surface area contributed by atoms with Crippen LogP contribution in [0.5, 0.6) is 5.75 Å². The van der Waals surface area contributed by atoms with Crippen molar-refractivity contribution in [3.8, 4) is 5.75 Å². The molecule has 108 valence electrons. The van der Waals surface area contributed by atoms with Crippen LogP contribution in [0.25, 0.3) is 0 Å². The van der Waals surface area contributed by atoms with Crippen LogP contribution in [0.15, 0.2) is 24.3 Å². The van der Waals surface area contributed by atoms with Gasteiger partial charge < -0.3 is 9.84 Å². The maximum atomic E-state index is 9.41. The van der Waals surface area contributed by atoms with Crippen molar-refractivity contribution in [1.82, 2.24) is 4.90 Å². The highest BCUT2D eigenvalue weighted by Crippen LogP contribution is 2.28. The van der Waals surface area contributed by atoms with Gasteiger partial charge in [0, 0.05) is 25.7 Å². The molecule has 0 aliphatic rings. The molecule has 0 aliphatic heterocycles. The molecule has 0 aromatic heterocycles. The molecule has 1 N–H and O–H groups in total. The summed E-state index contributed by atoms with van der Waals surface area (Å²) in [5, 5.41) is 9.41. The SMILES string of the molecule is CCC(C)N(CCOC)C(CC)c1ccc(O)cc1. The van der Waals surface area contributed by atoms with Gasteiger partial charge in [-0.2, -0.15) is 0 Å². The maximum Gasteiger partial charge on any atom is 0.115 e. The Labute approximate surface area is 117 Å². The van der Waals surface area contributed by atoms with E-state index >= 15 is 0 Å². The summed E-state index contributed by atoms with van der Waals surface area (Å²) in [5.74, 6) is 0.325. The minimum Gasteiger partial charge on any atom is -0.508 e. The summed E-state index contributed by atoms with van der Waals surface area (Å²) in [4.78, 5) is 2.50.